The molecule has 2 aliphatic rings. The number of rotatable bonds is 4. The van der Waals surface area contributed by atoms with Gasteiger partial charge in [0, 0.05) is 6.20 Å². The number of ether oxygens (including phenoxy) is 2. The maximum absolute atomic E-state index is 11.6. The summed E-state index contributed by atoms with van der Waals surface area (Å²) in [6, 6.07) is 1.71. The average Bonchev–Trinajstić information content (AvgIpc) is 3.91. The lowest BCUT2D eigenvalue weighted by Crippen LogP contribution is -2.33. The van der Waals surface area contributed by atoms with E-state index in [-0.39, 0.29) is 28.9 Å². The predicted octanol–water partition coefficient (Wildman–Crippen LogP) is -5.41. The van der Waals surface area contributed by atoms with Crippen molar-refractivity contribution in [2.24, 2.45) is 0 Å². The van der Waals surface area contributed by atoms with Crippen LogP contribution in [0.2, 0.25) is 0 Å². The molecule has 0 saturated carbocycles. The minimum atomic E-state index is -1.33. The zero-order valence-corrected chi connectivity index (χ0v) is 25.3. The van der Waals surface area contributed by atoms with Crippen LogP contribution in [0.3, 0.4) is 0 Å². The molecule has 8 rings (SSSR count). The molecule has 24 nitrogen and oxygen atoms in total. The second-order valence-electron chi connectivity index (χ2n) is 11.0. The molecule has 0 aromatic carbocycles. The first kappa shape index (κ1) is 34.3. The number of imidazole rings is 2. The van der Waals surface area contributed by atoms with Crippen LogP contribution in [0.5, 0.6) is 0 Å². The van der Waals surface area contributed by atoms with Gasteiger partial charge in [0.05, 0.1) is 31.3 Å². The normalized spacial score (nSPS) is 26.2. The Morgan fingerprint density at radius 2 is 1.38 bits per heavy atom. The van der Waals surface area contributed by atoms with Crippen LogP contribution in [-0.4, -0.2) is 134 Å². The molecule has 0 aliphatic carbocycles. The van der Waals surface area contributed by atoms with Crippen molar-refractivity contribution in [1.29, 1.82) is 0 Å². The van der Waals surface area contributed by atoms with Crippen molar-refractivity contribution in [1.82, 2.24) is 54.0 Å². The number of nitrogens with two attached hydrogens (primary N) is 1. The highest BCUT2D eigenvalue weighted by molar-refractivity contribution is 5.86. The minimum Gasteiger partial charge on any atom is -0.394 e. The van der Waals surface area contributed by atoms with Gasteiger partial charge in [0.25, 0.3) is 11.1 Å². The molecule has 8 heterocycles. The van der Waals surface area contributed by atoms with Gasteiger partial charge in [-0.15, -0.1) is 0 Å². The smallest absolute Gasteiger partial charge is 0.327 e. The molecule has 13 N–H and O–H groups in total. The molecule has 2 saturated heterocycles. The number of H-pyrrole nitrogens is 5. The van der Waals surface area contributed by atoms with Gasteiger partial charge in [0.2, 0.25) is 0 Å². The molecule has 8 atom stereocenters. The van der Waals surface area contributed by atoms with Gasteiger partial charge < -0.3 is 55.4 Å². The van der Waals surface area contributed by atoms with Crippen molar-refractivity contribution >= 4 is 39.2 Å². The lowest BCUT2D eigenvalue weighted by atomic mass is 10.1. The average molecular weight is 703 g/mol. The highest BCUT2D eigenvalue weighted by Gasteiger charge is 2.45. The van der Waals surface area contributed by atoms with E-state index in [2.05, 4.69) is 39.9 Å². The summed E-state index contributed by atoms with van der Waals surface area (Å²) in [5, 5.41) is 58.1. The van der Waals surface area contributed by atoms with Crippen LogP contribution in [0.25, 0.3) is 33.4 Å². The molecule has 0 amide bonds. The summed E-state index contributed by atoms with van der Waals surface area (Å²) in [5.74, 6) is 0.329. The zero-order valence-electron chi connectivity index (χ0n) is 25.3. The number of fused-ring (bicyclic) bond motifs is 3. The molecule has 6 aromatic rings. The molecular formula is C26H30N12O12. The number of hydrogen-bond acceptors (Lipinski definition) is 17. The highest BCUT2D eigenvalue weighted by Crippen LogP contribution is 2.33. The van der Waals surface area contributed by atoms with E-state index in [9.17, 15) is 39.6 Å². The van der Waals surface area contributed by atoms with Gasteiger partial charge in [-0.1, -0.05) is 0 Å². The number of aromatic amines is 5. The lowest BCUT2D eigenvalue weighted by Gasteiger charge is -2.17. The van der Waals surface area contributed by atoms with Crippen molar-refractivity contribution < 1.29 is 40.1 Å². The molecule has 6 aromatic heterocycles. The van der Waals surface area contributed by atoms with Crippen LogP contribution in [0.1, 0.15) is 12.5 Å². The van der Waals surface area contributed by atoms with Crippen LogP contribution >= 0.6 is 0 Å². The van der Waals surface area contributed by atoms with Gasteiger partial charge in [-0.25, -0.2) is 29.5 Å². The highest BCUT2D eigenvalue weighted by atomic mass is 16.6. The second-order valence-corrected chi connectivity index (χ2v) is 11.0. The largest absolute Gasteiger partial charge is 0.394 e. The quantitative estimate of drug-likeness (QED) is 0.0815. The number of aliphatic hydroxyl groups excluding tert-OH is 6. The molecule has 266 valence electrons. The van der Waals surface area contributed by atoms with Crippen LogP contribution in [-0.2, 0) is 9.47 Å². The fourth-order valence-corrected chi connectivity index (χ4v) is 5.43. The summed E-state index contributed by atoms with van der Waals surface area (Å²) in [6.45, 7) is -0.844. The first-order chi connectivity index (χ1) is 23.9. The van der Waals surface area contributed by atoms with Gasteiger partial charge in [-0.2, -0.15) is 0 Å². The van der Waals surface area contributed by atoms with Crippen molar-refractivity contribution in [3.8, 4) is 0 Å². The fraction of sp³-hybridized carbons (Fsp3) is 0.385. The Labute approximate surface area is 274 Å². The molecule has 0 unspecified atom stereocenters. The molecule has 2 fully saturated rings. The van der Waals surface area contributed by atoms with Crippen molar-refractivity contribution in [2.45, 2.75) is 49.1 Å². The van der Waals surface area contributed by atoms with E-state index in [0.717, 1.165) is 0 Å². The maximum atomic E-state index is 11.6. The van der Waals surface area contributed by atoms with E-state index in [0.29, 0.717) is 16.9 Å². The molecule has 2 aliphatic heterocycles. The Kier molecular flexibility index (Phi) is 9.41. The first-order valence-electron chi connectivity index (χ1n) is 14.6. The summed E-state index contributed by atoms with van der Waals surface area (Å²) in [5.41, 5.74) is 4.42. The van der Waals surface area contributed by atoms with Crippen LogP contribution in [0.15, 0.2) is 50.4 Å². The summed E-state index contributed by atoms with van der Waals surface area (Å²) < 4.78 is 13.5. The van der Waals surface area contributed by atoms with Gasteiger partial charge in [0.1, 0.15) is 65.6 Å². The van der Waals surface area contributed by atoms with E-state index < -0.39 is 78.2 Å². The number of anilines is 1. The summed E-state index contributed by atoms with van der Waals surface area (Å²) >= 11 is 0. The molecule has 50 heavy (non-hydrogen) atoms. The summed E-state index contributed by atoms with van der Waals surface area (Å²) in [7, 11) is 0. The summed E-state index contributed by atoms with van der Waals surface area (Å²) in [4.78, 5) is 71.3. The Bertz CT molecular complexity index is 2360. The molecular weight excluding hydrogens is 672 g/mol. The first-order valence-corrected chi connectivity index (χ1v) is 14.6. The Hall–Kier alpha value is -5.60. The summed E-state index contributed by atoms with van der Waals surface area (Å²) in [6.07, 6.45) is -3.06. The third kappa shape index (κ3) is 6.18. The van der Waals surface area contributed by atoms with Crippen molar-refractivity contribution in [3.05, 3.63) is 72.9 Å². The van der Waals surface area contributed by atoms with Crippen LogP contribution in [0, 0.1) is 0 Å². The maximum Gasteiger partial charge on any atom is 0.327 e. The van der Waals surface area contributed by atoms with Crippen molar-refractivity contribution in [3.63, 3.8) is 0 Å². The number of hydrogen-bond donors (Lipinski definition) is 12. The van der Waals surface area contributed by atoms with E-state index in [4.69, 9.17) is 25.4 Å². The Balaban J connectivity index is 0.000000135. The number of nitrogen functional groups attached to an aromatic ring is 1. The second kappa shape index (κ2) is 13.7. The van der Waals surface area contributed by atoms with Gasteiger partial charge in [-0.05, 0) is 6.07 Å². The monoisotopic (exact) mass is 702 g/mol. The fourth-order valence-electron chi connectivity index (χ4n) is 5.43. The van der Waals surface area contributed by atoms with E-state index in [1.54, 1.807) is 16.8 Å². The zero-order chi connectivity index (χ0) is 35.9. The van der Waals surface area contributed by atoms with Gasteiger partial charge >= 0.3 is 11.4 Å². The molecule has 0 radical (unpaired) electrons. The SMILES string of the molecule is Nc1ncnc2c1ccn2[C@@H]1O[C@@H](CO)[C@H](O)[C@H]1O.O=c1[nH]c(=O)c2[nH]cnc2[nH]1.O=c1[nH]c(=O)c2ncn([C@@H]3O[C@H](CO)[C@@H](O)[C@H]3O)c2[nH]1. The van der Waals surface area contributed by atoms with Crippen LogP contribution in [0.4, 0.5) is 5.82 Å². The van der Waals surface area contributed by atoms with E-state index >= 15 is 0 Å². The Morgan fingerprint density at radius 3 is 2.02 bits per heavy atom. The number of nitrogens with one attached hydrogen (secondary N) is 5. The molecule has 24 heteroatoms. The number of aliphatic hydroxyl groups is 6. The predicted molar refractivity (Wildman–Crippen MR) is 166 cm³/mol. The molecule has 0 bridgehead atoms. The topological polar surface area (TPSA) is 375 Å². The Morgan fingerprint density at radius 1 is 0.760 bits per heavy atom. The standard InChI is InChI=1S/C11H14N4O4.C10H12N4O6.C5H4N4O2/c12-9-5-1-2-15(10(5)14-4-13-9)11-8(18)7(17)6(3-16)19-11;15-1-3-5(16)6(17)9(20-3)14-2-11-4-7(14)12-10(19)13-8(4)18;10-4-2-3(7-1-6-2)8-5(11)9-4/h1-2,4,6-8,11,16-18H,3H2,(H2,12,13,14);2-3,5-6,9,15-17H,1H2,(H2,12,13,18,19);1H,(H3,6,7,8,9,10,11)/t6-,7-,8+,11+;3-,5-,6-,9-;/m01./s1. The van der Waals surface area contributed by atoms with Gasteiger partial charge in [0.15, 0.2) is 23.6 Å². The van der Waals surface area contributed by atoms with Crippen molar-refractivity contribution in [2.75, 3.05) is 18.9 Å². The van der Waals surface area contributed by atoms with Gasteiger partial charge in [-0.3, -0.25) is 34.1 Å². The minimum absolute atomic E-state index is 0.0256. The lowest BCUT2D eigenvalue weighted by molar-refractivity contribution is -0.0511. The number of nitrogens with zero attached hydrogens (tertiary/aromatic N) is 6. The van der Waals surface area contributed by atoms with E-state index in [1.807, 2.05) is 4.98 Å². The molecule has 0 spiro atoms. The van der Waals surface area contributed by atoms with Crippen LogP contribution < -0.4 is 28.2 Å². The number of aromatic nitrogens is 11. The third-order valence-corrected chi connectivity index (χ3v) is 7.92. The van der Waals surface area contributed by atoms with E-state index in [1.165, 1.54) is 23.5 Å². The third-order valence-electron chi connectivity index (χ3n) is 7.92.